The molecule has 118 valence electrons. The van der Waals surface area contributed by atoms with Crippen LogP contribution in [0.1, 0.15) is 5.56 Å². The Hall–Kier alpha value is -2.78. The van der Waals surface area contributed by atoms with Gasteiger partial charge in [-0.05, 0) is 6.07 Å². The third-order valence-corrected chi connectivity index (χ3v) is 3.89. The van der Waals surface area contributed by atoms with Crippen LogP contribution in [-0.2, 0) is 4.74 Å². The SMILES string of the molecule is COc1c(C#N)cccc1-c1cnc(N2CCOCC2)cc1N. The summed E-state index contributed by atoms with van der Waals surface area (Å²) in [4.78, 5) is 6.67. The summed E-state index contributed by atoms with van der Waals surface area (Å²) in [6, 6.07) is 9.40. The van der Waals surface area contributed by atoms with Crippen LogP contribution in [0.4, 0.5) is 11.5 Å². The Balaban J connectivity index is 2.00. The molecule has 1 aliphatic rings. The fourth-order valence-electron chi connectivity index (χ4n) is 2.71. The van der Waals surface area contributed by atoms with Crippen molar-refractivity contribution < 1.29 is 9.47 Å². The van der Waals surface area contributed by atoms with Crippen molar-refractivity contribution in [3.63, 3.8) is 0 Å². The number of nitriles is 1. The van der Waals surface area contributed by atoms with Crippen molar-refractivity contribution in [3.8, 4) is 22.9 Å². The van der Waals surface area contributed by atoms with Crippen molar-refractivity contribution in [1.82, 2.24) is 4.98 Å². The number of benzene rings is 1. The Morgan fingerprint density at radius 3 is 2.74 bits per heavy atom. The number of para-hydroxylation sites is 1. The van der Waals surface area contributed by atoms with Crippen LogP contribution in [0.15, 0.2) is 30.5 Å². The summed E-state index contributed by atoms with van der Waals surface area (Å²) in [5.41, 5.74) is 8.85. The zero-order chi connectivity index (χ0) is 16.2. The second-order valence-electron chi connectivity index (χ2n) is 5.23. The van der Waals surface area contributed by atoms with Gasteiger partial charge in [-0.2, -0.15) is 5.26 Å². The van der Waals surface area contributed by atoms with Gasteiger partial charge in [-0.3, -0.25) is 0 Å². The van der Waals surface area contributed by atoms with Crippen LogP contribution >= 0.6 is 0 Å². The van der Waals surface area contributed by atoms with Crippen molar-refractivity contribution in [2.75, 3.05) is 44.0 Å². The van der Waals surface area contributed by atoms with Gasteiger partial charge in [-0.15, -0.1) is 0 Å². The molecular formula is C17H18N4O2. The molecule has 1 aliphatic heterocycles. The summed E-state index contributed by atoms with van der Waals surface area (Å²) < 4.78 is 10.7. The Labute approximate surface area is 135 Å². The number of anilines is 2. The lowest BCUT2D eigenvalue weighted by Gasteiger charge is -2.28. The van der Waals surface area contributed by atoms with Crippen molar-refractivity contribution in [1.29, 1.82) is 5.26 Å². The van der Waals surface area contributed by atoms with Gasteiger partial charge < -0.3 is 20.1 Å². The first-order valence-corrected chi connectivity index (χ1v) is 7.40. The molecule has 23 heavy (non-hydrogen) atoms. The number of hydrogen-bond donors (Lipinski definition) is 1. The first kappa shape index (κ1) is 15.1. The monoisotopic (exact) mass is 310 g/mol. The number of hydrogen-bond acceptors (Lipinski definition) is 6. The maximum absolute atomic E-state index is 9.21. The topological polar surface area (TPSA) is 84.4 Å². The van der Waals surface area contributed by atoms with Crippen molar-refractivity contribution in [2.24, 2.45) is 0 Å². The summed E-state index contributed by atoms with van der Waals surface area (Å²) in [6.45, 7) is 3.00. The molecule has 0 saturated carbocycles. The van der Waals surface area contributed by atoms with E-state index in [0.29, 0.717) is 30.2 Å². The zero-order valence-corrected chi connectivity index (χ0v) is 13.0. The van der Waals surface area contributed by atoms with E-state index in [9.17, 15) is 5.26 Å². The zero-order valence-electron chi connectivity index (χ0n) is 13.0. The maximum Gasteiger partial charge on any atom is 0.144 e. The number of ether oxygens (including phenoxy) is 2. The van der Waals surface area contributed by atoms with E-state index in [1.807, 2.05) is 18.2 Å². The summed E-state index contributed by atoms with van der Waals surface area (Å²) in [7, 11) is 1.55. The maximum atomic E-state index is 9.21. The molecule has 0 aliphatic carbocycles. The second kappa shape index (κ2) is 6.55. The Bertz CT molecular complexity index is 749. The highest BCUT2D eigenvalue weighted by Crippen LogP contribution is 2.36. The van der Waals surface area contributed by atoms with Gasteiger partial charge >= 0.3 is 0 Å². The first-order chi connectivity index (χ1) is 11.2. The summed E-state index contributed by atoms with van der Waals surface area (Å²) in [5, 5.41) is 9.21. The molecule has 2 heterocycles. The predicted molar refractivity (Wildman–Crippen MR) is 88.4 cm³/mol. The molecule has 0 radical (unpaired) electrons. The molecule has 2 N–H and O–H groups in total. The van der Waals surface area contributed by atoms with E-state index in [1.54, 1.807) is 19.4 Å². The molecule has 6 heteroatoms. The van der Waals surface area contributed by atoms with Crippen molar-refractivity contribution >= 4 is 11.5 Å². The number of methoxy groups -OCH3 is 1. The summed E-state index contributed by atoms with van der Waals surface area (Å²) in [5.74, 6) is 1.35. The number of nitrogens with zero attached hydrogens (tertiary/aromatic N) is 3. The molecule has 0 spiro atoms. The average molecular weight is 310 g/mol. The second-order valence-corrected chi connectivity index (χ2v) is 5.23. The van der Waals surface area contributed by atoms with Crippen molar-refractivity contribution in [3.05, 3.63) is 36.0 Å². The number of nitrogen functional groups attached to an aromatic ring is 1. The van der Waals surface area contributed by atoms with E-state index >= 15 is 0 Å². The molecule has 0 atom stereocenters. The van der Waals surface area contributed by atoms with E-state index < -0.39 is 0 Å². The molecule has 3 rings (SSSR count). The fourth-order valence-corrected chi connectivity index (χ4v) is 2.71. The van der Waals surface area contributed by atoms with Crippen LogP contribution in [0.5, 0.6) is 5.75 Å². The largest absolute Gasteiger partial charge is 0.495 e. The number of rotatable bonds is 3. The van der Waals surface area contributed by atoms with E-state index in [4.69, 9.17) is 15.2 Å². The summed E-state index contributed by atoms with van der Waals surface area (Å²) in [6.07, 6.45) is 1.74. The normalized spacial score (nSPS) is 14.3. The van der Waals surface area contributed by atoms with Crippen molar-refractivity contribution in [2.45, 2.75) is 0 Å². The van der Waals surface area contributed by atoms with Crippen LogP contribution in [0.2, 0.25) is 0 Å². The van der Waals surface area contributed by atoms with Crippen LogP contribution in [-0.4, -0.2) is 38.4 Å². The quantitative estimate of drug-likeness (QED) is 0.934. The fraction of sp³-hybridized carbons (Fsp3) is 0.294. The van der Waals surface area contributed by atoms with Gasteiger partial charge in [0.2, 0.25) is 0 Å². The minimum absolute atomic E-state index is 0.474. The molecule has 1 aromatic carbocycles. The standard InChI is InChI=1S/C17H18N4O2/c1-22-17-12(10-18)3-2-4-13(17)14-11-20-16(9-15(14)19)21-5-7-23-8-6-21/h2-4,9,11H,5-8H2,1H3,(H2,19,20). The van der Waals surface area contributed by atoms with E-state index in [0.717, 1.165) is 30.0 Å². The lowest BCUT2D eigenvalue weighted by atomic mass is 10.0. The molecule has 0 unspecified atom stereocenters. The van der Waals surface area contributed by atoms with Crippen LogP contribution in [0.25, 0.3) is 11.1 Å². The lowest BCUT2D eigenvalue weighted by Crippen LogP contribution is -2.36. The van der Waals surface area contributed by atoms with Gasteiger partial charge in [0.05, 0.1) is 25.9 Å². The Morgan fingerprint density at radius 1 is 1.30 bits per heavy atom. The van der Waals surface area contributed by atoms with Gasteiger partial charge in [-0.1, -0.05) is 12.1 Å². The first-order valence-electron chi connectivity index (χ1n) is 7.40. The molecule has 2 aromatic rings. The van der Waals surface area contributed by atoms with Crippen LogP contribution < -0.4 is 15.4 Å². The van der Waals surface area contributed by atoms with Gasteiger partial charge in [0.15, 0.2) is 0 Å². The highest BCUT2D eigenvalue weighted by Gasteiger charge is 2.17. The molecule has 6 nitrogen and oxygen atoms in total. The third-order valence-electron chi connectivity index (χ3n) is 3.89. The van der Waals surface area contributed by atoms with E-state index in [2.05, 4.69) is 16.0 Å². The number of nitrogens with two attached hydrogens (primary N) is 1. The van der Waals surface area contributed by atoms with E-state index in [1.165, 1.54) is 0 Å². The number of pyridine rings is 1. The molecule has 0 bridgehead atoms. The molecule has 0 amide bonds. The van der Waals surface area contributed by atoms with Gasteiger partial charge in [-0.25, -0.2) is 4.98 Å². The number of morpholine rings is 1. The van der Waals surface area contributed by atoms with Crippen LogP contribution in [0.3, 0.4) is 0 Å². The molecule has 1 saturated heterocycles. The minimum Gasteiger partial charge on any atom is -0.495 e. The average Bonchev–Trinajstić information content (AvgIpc) is 2.61. The minimum atomic E-state index is 0.474. The molecule has 1 fully saturated rings. The van der Waals surface area contributed by atoms with Crippen LogP contribution in [0, 0.1) is 11.3 Å². The third kappa shape index (κ3) is 2.91. The van der Waals surface area contributed by atoms with Gasteiger partial charge in [0, 0.05) is 42.2 Å². The smallest absolute Gasteiger partial charge is 0.144 e. The number of aromatic nitrogens is 1. The highest BCUT2D eigenvalue weighted by atomic mass is 16.5. The molecule has 1 aromatic heterocycles. The molecular weight excluding hydrogens is 292 g/mol. The Morgan fingerprint density at radius 2 is 2.09 bits per heavy atom. The predicted octanol–water partition coefficient (Wildman–Crippen LogP) is 2.05. The van der Waals surface area contributed by atoms with Gasteiger partial charge in [0.1, 0.15) is 17.6 Å². The summed E-state index contributed by atoms with van der Waals surface area (Å²) >= 11 is 0. The van der Waals surface area contributed by atoms with E-state index in [-0.39, 0.29) is 0 Å². The van der Waals surface area contributed by atoms with Gasteiger partial charge in [0.25, 0.3) is 0 Å². The Kier molecular flexibility index (Phi) is 4.31. The highest BCUT2D eigenvalue weighted by molar-refractivity contribution is 5.82. The lowest BCUT2D eigenvalue weighted by molar-refractivity contribution is 0.122.